The van der Waals surface area contributed by atoms with E-state index in [0.29, 0.717) is 5.76 Å². The fourth-order valence-corrected chi connectivity index (χ4v) is 2.35. The molecule has 3 heteroatoms. The Balaban J connectivity index is 2.43. The summed E-state index contributed by atoms with van der Waals surface area (Å²) in [5, 5.41) is 1.07. The fourth-order valence-electron chi connectivity index (χ4n) is 2.35. The summed E-state index contributed by atoms with van der Waals surface area (Å²) >= 11 is 0. The number of hydrogen-bond donors (Lipinski definition) is 0. The Kier molecular flexibility index (Phi) is 2.25. The average Bonchev–Trinajstić information content (AvgIpc) is 2.89. The second kappa shape index (κ2) is 3.77. The lowest BCUT2D eigenvalue weighted by atomic mass is 10.2. The van der Waals surface area contributed by atoms with Gasteiger partial charge in [0.1, 0.15) is 0 Å². The van der Waals surface area contributed by atoms with Gasteiger partial charge in [-0.2, -0.15) is 0 Å². The Hall–Kier alpha value is -2.03. The second-order valence-electron chi connectivity index (χ2n) is 4.15. The number of nitrogens with zero attached hydrogens (tertiary/aromatic N) is 1. The molecular weight excluding hydrogens is 214 g/mol. The van der Waals surface area contributed by atoms with Crippen molar-refractivity contribution in [3.63, 3.8) is 0 Å². The molecule has 0 bridgehead atoms. The fraction of sp³-hybridized carbons (Fsp3) is 0.214. The first kappa shape index (κ1) is 10.1. The van der Waals surface area contributed by atoms with Gasteiger partial charge in [0.05, 0.1) is 11.0 Å². The van der Waals surface area contributed by atoms with Gasteiger partial charge in [0.15, 0.2) is 17.6 Å². The minimum Gasteiger partial charge on any atom is -0.451 e. The molecule has 2 heterocycles. The highest BCUT2D eigenvalue weighted by molar-refractivity contribution is 6.06. The predicted octanol–water partition coefficient (Wildman–Crippen LogP) is 3.61. The zero-order chi connectivity index (χ0) is 11.8. The molecule has 3 rings (SSSR count). The van der Waals surface area contributed by atoms with Crippen LogP contribution in [0, 0.1) is 0 Å². The van der Waals surface area contributed by atoms with Crippen LogP contribution < -0.4 is 0 Å². The summed E-state index contributed by atoms with van der Waals surface area (Å²) < 4.78 is 7.78. The van der Waals surface area contributed by atoms with Gasteiger partial charge in [-0.15, -0.1) is 0 Å². The lowest BCUT2D eigenvalue weighted by Crippen LogP contribution is -1.94. The molecule has 86 valence electrons. The van der Waals surface area contributed by atoms with Gasteiger partial charge in [0.2, 0.25) is 0 Å². The topological polar surface area (TPSA) is 35.1 Å². The van der Waals surface area contributed by atoms with Gasteiger partial charge < -0.3 is 8.98 Å². The predicted molar refractivity (Wildman–Crippen MR) is 67.4 cm³/mol. The number of benzene rings is 1. The molecule has 0 amide bonds. The van der Waals surface area contributed by atoms with Crippen LogP contribution in [-0.4, -0.2) is 10.9 Å². The summed E-state index contributed by atoms with van der Waals surface area (Å²) in [5.41, 5.74) is 2.99. The van der Waals surface area contributed by atoms with E-state index in [2.05, 4.69) is 17.6 Å². The van der Waals surface area contributed by atoms with Crippen molar-refractivity contribution in [3.05, 3.63) is 36.1 Å². The molecule has 0 aliphatic heterocycles. The second-order valence-corrected chi connectivity index (χ2v) is 4.15. The highest BCUT2D eigenvalue weighted by Gasteiger charge is 2.14. The first-order valence-corrected chi connectivity index (χ1v) is 5.81. The Labute approximate surface area is 98.6 Å². The van der Waals surface area contributed by atoms with Gasteiger partial charge in [0.25, 0.3) is 0 Å². The summed E-state index contributed by atoms with van der Waals surface area (Å²) in [5.74, 6) is 0.394. The van der Waals surface area contributed by atoms with E-state index in [1.807, 2.05) is 24.3 Å². The molecule has 0 fully saturated rings. The molecule has 0 saturated carbocycles. The quantitative estimate of drug-likeness (QED) is 0.641. The van der Waals surface area contributed by atoms with E-state index in [4.69, 9.17) is 4.42 Å². The smallest absolute Gasteiger partial charge is 0.185 e. The lowest BCUT2D eigenvalue weighted by molar-refractivity contribution is 0.110. The first-order chi connectivity index (χ1) is 8.35. The molecule has 0 spiro atoms. The number of aryl methyl sites for hydroxylation is 1. The summed E-state index contributed by atoms with van der Waals surface area (Å²) in [6.07, 6.45) is 1.81. The Bertz CT molecular complexity index is 691. The molecular formula is C14H13NO2. The SMILES string of the molecule is CCCn1c2ccccc2c2oc(C=O)cc21. The van der Waals surface area contributed by atoms with E-state index in [1.54, 1.807) is 0 Å². The minimum atomic E-state index is 0.394. The number of carbonyl (C=O) groups excluding carboxylic acids is 1. The van der Waals surface area contributed by atoms with Crippen LogP contribution in [0.1, 0.15) is 23.9 Å². The molecule has 0 aliphatic carbocycles. The zero-order valence-electron chi connectivity index (χ0n) is 9.64. The number of aldehydes is 1. The third-order valence-corrected chi connectivity index (χ3v) is 3.03. The van der Waals surface area contributed by atoms with E-state index < -0.39 is 0 Å². The largest absolute Gasteiger partial charge is 0.451 e. The van der Waals surface area contributed by atoms with E-state index in [0.717, 1.165) is 35.7 Å². The third-order valence-electron chi connectivity index (χ3n) is 3.03. The molecule has 3 nitrogen and oxygen atoms in total. The number of para-hydroxylation sites is 1. The van der Waals surface area contributed by atoms with Gasteiger partial charge in [-0.05, 0) is 18.6 Å². The van der Waals surface area contributed by atoms with Crippen molar-refractivity contribution in [1.29, 1.82) is 0 Å². The lowest BCUT2D eigenvalue weighted by Gasteiger charge is -2.02. The van der Waals surface area contributed by atoms with Crippen molar-refractivity contribution in [2.24, 2.45) is 0 Å². The monoisotopic (exact) mass is 227 g/mol. The normalized spacial score (nSPS) is 11.4. The highest BCUT2D eigenvalue weighted by Crippen LogP contribution is 2.31. The number of aromatic nitrogens is 1. The number of fused-ring (bicyclic) bond motifs is 3. The van der Waals surface area contributed by atoms with Crippen LogP contribution >= 0.6 is 0 Å². The van der Waals surface area contributed by atoms with Crippen LogP contribution in [0.2, 0.25) is 0 Å². The van der Waals surface area contributed by atoms with Crippen LogP contribution in [-0.2, 0) is 6.54 Å². The Morgan fingerprint density at radius 2 is 2.12 bits per heavy atom. The standard InChI is InChI=1S/C14H13NO2/c1-2-7-15-12-6-4-3-5-11(12)14-13(15)8-10(9-16)17-14/h3-6,8-9H,2,7H2,1H3. The highest BCUT2D eigenvalue weighted by atomic mass is 16.3. The molecule has 0 radical (unpaired) electrons. The van der Waals surface area contributed by atoms with Gasteiger partial charge in [-0.1, -0.05) is 19.1 Å². The van der Waals surface area contributed by atoms with E-state index >= 15 is 0 Å². The molecule has 0 aliphatic rings. The maximum absolute atomic E-state index is 10.8. The van der Waals surface area contributed by atoms with Crippen LogP contribution in [0.5, 0.6) is 0 Å². The molecule has 0 unspecified atom stereocenters. The van der Waals surface area contributed by atoms with Crippen molar-refractivity contribution in [1.82, 2.24) is 4.57 Å². The van der Waals surface area contributed by atoms with Crippen LogP contribution in [0.4, 0.5) is 0 Å². The summed E-state index contributed by atoms with van der Waals surface area (Å²) in [7, 11) is 0. The maximum Gasteiger partial charge on any atom is 0.185 e. The number of furan rings is 1. The Morgan fingerprint density at radius 1 is 1.29 bits per heavy atom. The van der Waals surface area contributed by atoms with E-state index in [9.17, 15) is 4.79 Å². The molecule has 0 saturated heterocycles. The zero-order valence-corrected chi connectivity index (χ0v) is 9.64. The molecule has 1 aromatic carbocycles. The van der Waals surface area contributed by atoms with Crippen molar-refractivity contribution >= 4 is 28.3 Å². The molecule has 0 atom stereocenters. The van der Waals surface area contributed by atoms with Crippen molar-refractivity contribution in [2.75, 3.05) is 0 Å². The maximum atomic E-state index is 10.8. The van der Waals surface area contributed by atoms with Gasteiger partial charge in [-0.3, -0.25) is 4.79 Å². The molecule has 17 heavy (non-hydrogen) atoms. The first-order valence-electron chi connectivity index (χ1n) is 5.81. The average molecular weight is 227 g/mol. The van der Waals surface area contributed by atoms with Gasteiger partial charge in [-0.25, -0.2) is 0 Å². The number of carbonyl (C=O) groups is 1. The van der Waals surface area contributed by atoms with E-state index in [1.165, 1.54) is 5.52 Å². The van der Waals surface area contributed by atoms with Crippen LogP contribution in [0.25, 0.3) is 22.0 Å². The van der Waals surface area contributed by atoms with E-state index in [-0.39, 0.29) is 0 Å². The van der Waals surface area contributed by atoms with Crippen molar-refractivity contribution in [3.8, 4) is 0 Å². The minimum absolute atomic E-state index is 0.394. The van der Waals surface area contributed by atoms with Crippen LogP contribution in [0.3, 0.4) is 0 Å². The van der Waals surface area contributed by atoms with Gasteiger partial charge in [0, 0.05) is 18.0 Å². The summed E-state index contributed by atoms with van der Waals surface area (Å²) in [6, 6.07) is 9.94. The Morgan fingerprint density at radius 3 is 2.88 bits per heavy atom. The molecule has 0 N–H and O–H groups in total. The molecule has 2 aromatic heterocycles. The summed E-state index contributed by atoms with van der Waals surface area (Å²) in [6.45, 7) is 3.07. The third kappa shape index (κ3) is 1.39. The van der Waals surface area contributed by atoms with Crippen LogP contribution in [0.15, 0.2) is 34.7 Å². The summed E-state index contributed by atoms with van der Waals surface area (Å²) in [4.78, 5) is 10.8. The van der Waals surface area contributed by atoms with Crippen molar-refractivity contribution in [2.45, 2.75) is 19.9 Å². The van der Waals surface area contributed by atoms with Crippen molar-refractivity contribution < 1.29 is 9.21 Å². The van der Waals surface area contributed by atoms with Gasteiger partial charge >= 0.3 is 0 Å². The number of rotatable bonds is 3. The molecule has 3 aromatic rings. The number of hydrogen-bond acceptors (Lipinski definition) is 2.